The van der Waals surface area contributed by atoms with Crippen molar-refractivity contribution in [2.45, 2.75) is 20.3 Å². The number of aromatic nitrogens is 2. The van der Waals surface area contributed by atoms with Gasteiger partial charge in [-0.05, 0) is 38.0 Å². The van der Waals surface area contributed by atoms with Gasteiger partial charge in [0, 0.05) is 12.6 Å². The summed E-state index contributed by atoms with van der Waals surface area (Å²) in [6, 6.07) is 14.8. The molecule has 1 amide bonds. The Hall–Kier alpha value is -3.68. The molecule has 0 saturated carbocycles. The summed E-state index contributed by atoms with van der Waals surface area (Å²) in [5.41, 5.74) is 1.44. The predicted octanol–water partition coefficient (Wildman–Crippen LogP) is 2.86. The molecule has 154 valence electrons. The number of aryl methyl sites for hydroxylation is 1. The van der Waals surface area contributed by atoms with Crippen molar-refractivity contribution >= 4 is 23.6 Å². The highest BCUT2D eigenvalue weighted by atomic mass is 16.5. The second-order valence-corrected chi connectivity index (χ2v) is 6.96. The average molecular weight is 407 g/mol. The minimum absolute atomic E-state index is 0.0722. The molecule has 30 heavy (non-hydrogen) atoms. The zero-order chi connectivity index (χ0) is 21.3. The molecule has 0 bridgehead atoms. The molecule has 1 atom stereocenters. The van der Waals surface area contributed by atoms with Crippen LogP contribution in [0.15, 0.2) is 52.9 Å². The van der Waals surface area contributed by atoms with Gasteiger partial charge in [-0.3, -0.25) is 19.3 Å². The Morgan fingerprint density at radius 2 is 1.90 bits per heavy atom. The lowest BCUT2D eigenvalue weighted by molar-refractivity contribution is -0.149. The van der Waals surface area contributed by atoms with Crippen LogP contribution in [0.5, 0.6) is 0 Å². The summed E-state index contributed by atoms with van der Waals surface area (Å²) in [6.07, 6.45) is 0.552. The number of carbonyl (C=O) groups is 3. The molecule has 2 aromatic heterocycles. The number of fused-ring (bicyclic) bond motifs is 1. The van der Waals surface area contributed by atoms with Crippen LogP contribution >= 0.6 is 0 Å². The number of carbonyl (C=O) groups excluding carboxylic acids is 3. The fourth-order valence-electron chi connectivity index (χ4n) is 3.45. The van der Waals surface area contributed by atoms with Gasteiger partial charge in [-0.15, -0.1) is 0 Å². The Labute approximate surface area is 173 Å². The van der Waals surface area contributed by atoms with E-state index in [2.05, 4.69) is 5.10 Å². The first-order valence-corrected chi connectivity index (χ1v) is 9.72. The molecular formula is C22H21N3O5. The van der Waals surface area contributed by atoms with Gasteiger partial charge in [-0.1, -0.05) is 30.3 Å². The lowest BCUT2D eigenvalue weighted by Crippen LogP contribution is -2.51. The van der Waals surface area contributed by atoms with Gasteiger partial charge >= 0.3 is 5.97 Å². The standard InChI is InChI=1S/C22H21N3O5/c1-3-29-22(28)19-20(26)24(12-11-15-7-5-4-6-8-15)18-13-16(23-25(18)21(19)27)17-10-9-14(2)30-17/h4-10,13,19H,3,11-12H2,1-2H3. The number of hydrogen-bond donors (Lipinski definition) is 0. The second-order valence-electron chi connectivity index (χ2n) is 6.96. The van der Waals surface area contributed by atoms with Crippen molar-refractivity contribution in [1.82, 2.24) is 9.78 Å². The monoisotopic (exact) mass is 407 g/mol. The van der Waals surface area contributed by atoms with Gasteiger partial charge in [0.15, 0.2) is 5.76 Å². The maximum absolute atomic E-state index is 13.1. The Bertz CT molecular complexity index is 1100. The zero-order valence-electron chi connectivity index (χ0n) is 16.7. The highest BCUT2D eigenvalue weighted by molar-refractivity contribution is 6.23. The number of ether oxygens (including phenoxy) is 1. The molecule has 0 fully saturated rings. The largest absolute Gasteiger partial charge is 0.465 e. The van der Waals surface area contributed by atoms with Crippen LogP contribution in [-0.4, -0.2) is 40.7 Å². The van der Waals surface area contributed by atoms with Gasteiger partial charge in [-0.2, -0.15) is 9.78 Å². The van der Waals surface area contributed by atoms with Crippen molar-refractivity contribution in [3.05, 3.63) is 59.9 Å². The maximum atomic E-state index is 13.1. The van der Waals surface area contributed by atoms with Crippen molar-refractivity contribution < 1.29 is 23.5 Å². The number of amides is 1. The summed E-state index contributed by atoms with van der Waals surface area (Å²) < 4.78 is 11.7. The molecule has 1 unspecified atom stereocenters. The fourth-order valence-corrected chi connectivity index (χ4v) is 3.45. The van der Waals surface area contributed by atoms with Gasteiger partial charge in [0.05, 0.1) is 6.61 Å². The molecule has 0 N–H and O–H groups in total. The minimum atomic E-state index is -1.57. The number of nitrogens with zero attached hydrogens (tertiary/aromatic N) is 3. The van der Waals surface area contributed by atoms with Crippen molar-refractivity contribution in [2.75, 3.05) is 18.1 Å². The average Bonchev–Trinajstić information content (AvgIpc) is 3.36. The molecule has 3 aromatic rings. The Morgan fingerprint density at radius 1 is 1.13 bits per heavy atom. The lowest BCUT2D eigenvalue weighted by atomic mass is 10.0. The van der Waals surface area contributed by atoms with E-state index in [-0.39, 0.29) is 13.2 Å². The van der Waals surface area contributed by atoms with Gasteiger partial charge in [-0.25, -0.2) is 0 Å². The van der Waals surface area contributed by atoms with E-state index in [1.54, 1.807) is 32.0 Å². The van der Waals surface area contributed by atoms with Crippen LogP contribution in [0.3, 0.4) is 0 Å². The van der Waals surface area contributed by atoms with Gasteiger partial charge in [0.2, 0.25) is 5.92 Å². The van der Waals surface area contributed by atoms with Crippen LogP contribution in [0.25, 0.3) is 11.5 Å². The molecule has 0 saturated heterocycles. The van der Waals surface area contributed by atoms with E-state index in [0.717, 1.165) is 10.2 Å². The minimum Gasteiger partial charge on any atom is -0.465 e. The number of furan rings is 1. The quantitative estimate of drug-likeness (QED) is 0.461. The Balaban J connectivity index is 1.72. The van der Waals surface area contributed by atoms with Gasteiger partial charge < -0.3 is 9.15 Å². The molecule has 0 aliphatic carbocycles. The number of esters is 1. The van der Waals surface area contributed by atoms with E-state index in [1.807, 2.05) is 30.3 Å². The molecule has 8 heteroatoms. The molecule has 0 radical (unpaired) electrons. The smallest absolute Gasteiger partial charge is 0.328 e. The van der Waals surface area contributed by atoms with E-state index >= 15 is 0 Å². The first-order valence-electron chi connectivity index (χ1n) is 9.72. The third-order valence-corrected chi connectivity index (χ3v) is 4.92. The van der Waals surface area contributed by atoms with E-state index in [9.17, 15) is 14.4 Å². The number of hydrogen-bond acceptors (Lipinski definition) is 6. The number of anilines is 1. The molecule has 0 spiro atoms. The van der Waals surface area contributed by atoms with Crippen molar-refractivity contribution in [2.24, 2.45) is 5.92 Å². The topological polar surface area (TPSA) is 94.6 Å². The SMILES string of the molecule is CCOC(=O)C1C(=O)N(CCc2ccccc2)c2cc(-c3ccc(C)o3)nn2C1=O. The van der Waals surface area contributed by atoms with E-state index in [0.29, 0.717) is 29.5 Å². The van der Waals surface area contributed by atoms with Crippen molar-refractivity contribution in [3.63, 3.8) is 0 Å². The van der Waals surface area contributed by atoms with Gasteiger partial charge in [0.25, 0.3) is 11.8 Å². The molecular weight excluding hydrogens is 386 g/mol. The van der Waals surface area contributed by atoms with Crippen molar-refractivity contribution in [3.8, 4) is 11.5 Å². The lowest BCUT2D eigenvalue weighted by Gasteiger charge is -2.30. The summed E-state index contributed by atoms with van der Waals surface area (Å²) >= 11 is 0. The third kappa shape index (κ3) is 3.52. The van der Waals surface area contributed by atoms with Crippen molar-refractivity contribution in [1.29, 1.82) is 0 Å². The number of benzene rings is 1. The van der Waals surface area contributed by atoms with Crippen LogP contribution in [0, 0.1) is 12.8 Å². The van der Waals surface area contributed by atoms with Gasteiger partial charge in [0.1, 0.15) is 17.3 Å². The normalized spacial score (nSPS) is 15.9. The summed E-state index contributed by atoms with van der Waals surface area (Å²) in [5.74, 6) is -2.28. The first kappa shape index (κ1) is 19.6. The maximum Gasteiger partial charge on any atom is 0.328 e. The molecule has 1 aliphatic heterocycles. The zero-order valence-corrected chi connectivity index (χ0v) is 16.7. The van der Waals surface area contributed by atoms with Crippen LogP contribution in [-0.2, 0) is 20.7 Å². The predicted molar refractivity (Wildman–Crippen MR) is 108 cm³/mol. The Morgan fingerprint density at radius 3 is 2.57 bits per heavy atom. The van der Waals surface area contributed by atoms with E-state index in [1.165, 1.54) is 4.90 Å². The summed E-state index contributed by atoms with van der Waals surface area (Å²) in [4.78, 5) is 39.9. The molecule has 3 heterocycles. The third-order valence-electron chi connectivity index (χ3n) is 4.92. The van der Waals surface area contributed by atoms with Crippen LogP contribution in [0.2, 0.25) is 0 Å². The first-order chi connectivity index (χ1) is 14.5. The molecule has 1 aliphatic rings. The summed E-state index contributed by atoms with van der Waals surface area (Å²) in [7, 11) is 0. The summed E-state index contributed by atoms with van der Waals surface area (Å²) in [6.45, 7) is 3.79. The second kappa shape index (κ2) is 7.98. The molecule has 1 aromatic carbocycles. The van der Waals surface area contributed by atoms with Crippen LogP contribution in [0.1, 0.15) is 23.0 Å². The molecule has 4 rings (SSSR count). The molecule has 8 nitrogen and oxygen atoms in total. The number of rotatable bonds is 6. The van der Waals surface area contributed by atoms with Crippen LogP contribution in [0.4, 0.5) is 5.82 Å². The Kier molecular flexibility index (Phi) is 5.22. The van der Waals surface area contributed by atoms with E-state index in [4.69, 9.17) is 9.15 Å². The van der Waals surface area contributed by atoms with Crippen LogP contribution < -0.4 is 4.90 Å². The summed E-state index contributed by atoms with van der Waals surface area (Å²) in [5, 5.41) is 4.32. The highest BCUT2D eigenvalue weighted by Gasteiger charge is 2.46. The fraction of sp³-hybridized carbons (Fsp3) is 0.273. The highest BCUT2D eigenvalue weighted by Crippen LogP contribution is 2.31. The van der Waals surface area contributed by atoms with E-state index < -0.39 is 23.7 Å².